The largest absolute Gasteiger partial charge is 0.350 e. The first-order chi connectivity index (χ1) is 21.5. The van der Waals surface area contributed by atoms with Gasteiger partial charge in [-0.15, -0.1) is 0 Å². The van der Waals surface area contributed by atoms with Gasteiger partial charge in [0, 0.05) is 59.5 Å². The van der Waals surface area contributed by atoms with Gasteiger partial charge in [0.25, 0.3) is 0 Å². The molecule has 0 amide bonds. The molecule has 1 aliphatic rings. The van der Waals surface area contributed by atoms with Gasteiger partial charge in [0.2, 0.25) is 11.5 Å². The predicted octanol–water partition coefficient (Wildman–Crippen LogP) is 9.38. The molecule has 5 nitrogen and oxygen atoms in total. The summed E-state index contributed by atoms with van der Waals surface area (Å²) >= 11 is 0. The van der Waals surface area contributed by atoms with E-state index in [1.807, 2.05) is 16.1 Å². The summed E-state index contributed by atoms with van der Waals surface area (Å²) in [6, 6.07) is 11.5. The van der Waals surface area contributed by atoms with Crippen molar-refractivity contribution in [2.75, 3.05) is 6.54 Å². The van der Waals surface area contributed by atoms with Gasteiger partial charge >= 0.3 is 0 Å². The zero-order chi connectivity index (χ0) is 35.4. The Kier molecular flexibility index (Phi) is 9.76. The van der Waals surface area contributed by atoms with Crippen LogP contribution in [-0.2, 0) is 30.3 Å². The molecule has 4 heterocycles. The van der Waals surface area contributed by atoms with Crippen LogP contribution in [0.5, 0.6) is 0 Å². The molecule has 0 unspecified atom stereocenters. The quantitative estimate of drug-likeness (QED) is 0.157. The van der Waals surface area contributed by atoms with Gasteiger partial charge in [-0.2, -0.15) is 5.10 Å². The van der Waals surface area contributed by atoms with Crippen LogP contribution in [0.25, 0.3) is 27.4 Å². The van der Waals surface area contributed by atoms with E-state index in [1.165, 1.54) is 71.8 Å². The number of fused-ring (bicyclic) bond motifs is 3. The molecule has 6 rings (SSSR count). The summed E-state index contributed by atoms with van der Waals surface area (Å²) in [5.41, 5.74) is 15.4. The van der Waals surface area contributed by atoms with E-state index in [0.717, 1.165) is 12.1 Å². The van der Waals surface area contributed by atoms with Crippen molar-refractivity contribution < 1.29 is 4.36 Å². The number of benzene rings is 2. The van der Waals surface area contributed by atoms with Crippen molar-refractivity contribution in [3.8, 4) is 0 Å². The zero-order valence-corrected chi connectivity index (χ0v) is 32.5. The minimum absolute atomic E-state index is 0.195. The molecule has 0 fully saturated rings. The number of nitrogens with zero attached hydrogens (tertiary/aromatic N) is 5. The zero-order valence-electron chi connectivity index (χ0n) is 32.5. The molecule has 3 aromatic heterocycles. The smallest absolute Gasteiger partial charge is 0.238 e. The van der Waals surface area contributed by atoms with Crippen molar-refractivity contribution in [3.05, 3.63) is 92.7 Å². The molecule has 0 spiro atoms. The van der Waals surface area contributed by atoms with Gasteiger partial charge in [-0.25, -0.2) is 0 Å². The highest BCUT2D eigenvalue weighted by Crippen LogP contribution is 2.32. The number of hydrogen-bond acceptors (Lipinski definition) is 2. The Bertz CT molecular complexity index is 2060. The minimum atomic E-state index is 0.195. The normalized spacial score (nSPS) is 13.3. The summed E-state index contributed by atoms with van der Waals surface area (Å²) in [7, 11) is 4.12. The molecule has 0 saturated heterocycles. The fourth-order valence-electron chi connectivity index (χ4n) is 6.97. The highest BCUT2D eigenvalue weighted by molar-refractivity contribution is 5.85. The molecule has 0 bridgehead atoms. The number of aryl methyl sites for hydroxylation is 7. The van der Waals surface area contributed by atoms with Gasteiger partial charge in [-0.3, -0.25) is 4.68 Å². The summed E-state index contributed by atoms with van der Waals surface area (Å²) in [5.74, 6) is 0. The Labute approximate surface area is 284 Å². The molecule has 47 heavy (non-hydrogen) atoms. The highest BCUT2D eigenvalue weighted by atomic mass is 15.3. The summed E-state index contributed by atoms with van der Waals surface area (Å²) in [6.45, 7) is 34.2. The molecule has 0 aliphatic carbocycles. The second kappa shape index (κ2) is 12.7. The molecule has 1 aliphatic heterocycles. The lowest BCUT2D eigenvalue weighted by Gasteiger charge is -2.22. The first kappa shape index (κ1) is 36.1. The third kappa shape index (κ3) is 7.55. The maximum atomic E-state index is 4.51. The van der Waals surface area contributed by atoms with Crippen LogP contribution >= 0.6 is 0 Å². The monoisotopic (exact) mass is 634 g/mol. The van der Waals surface area contributed by atoms with E-state index >= 15 is 0 Å². The average molecular weight is 635 g/mol. The van der Waals surface area contributed by atoms with Crippen molar-refractivity contribution in [2.45, 2.75) is 120 Å². The Hall–Kier alpha value is -3.73. The van der Waals surface area contributed by atoms with Crippen molar-refractivity contribution in [3.63, 3.8) is 0 Å². The van der Waals surface area contributed by atoms with Gasteiger partial charge in [0.15, 0.2) is 0 Å². The third-order valence-corrected chi connectivity index (χ3v) is 9.60. The standard InChI is InChI=1S/C15H21N.C14H20N2.C13H19N2/c1-10-7-14-12(11(2)9-16(14)6)8-13(10)15(3,4)5;1-9-7-13-11(10(2)16(6)15-13)8-12(9)14(3,4)5;1-9-7-14-15-8-10(2)11(6-12(9)15)13(3,4)5/h7-9H,1-6H3;7-8H,1-6H3;6,8H,7H2,1-5H3/q;;+1. The SMILES string of the molecule is CC1=c2cc(C(C)(C)C)c(C)c[n+]2=NC1.Cc1cc2c(cc1C(C)(C)C)c(C)cn2C.Cc1cc2nn(C)c(C)c2cc1C(C)(C)C. The Balaban J connectivity index is 0.000000160. The highest BCUT2D eigenvalue weighted by Gasteiger charge is 2.22. The third-order valence-electron chi connectivity index (χ3n) is 9.60. The maximum absolute atomic E-state index is 4.51. The van der Waals surface area contributed by atoms with E-state index in [0.29, 0.717) is 0 Å². The van der Waals surface area contributed by atoms with Crippen LogP contribution < -0.4 is 9.71 Å². The molecule has 0 atom stereocenters. The first-order valence-electron chi connectivity index (χ1n) is 17.1. The van der Waals surface area contributed by atoms with Crippen molar-refractivity contribution >= 4 is 27.4 Å². The van der Waals surface area contributed by atoms with Gasteiger partial charge in [0.1, 0.15) is 6.54 Å². The lowest BCUT2D eigenvalue weighted by Crippen LogP contribution is -2.36. The van der Waals surface area contributed by atoms with Gasteiger partial charge in [0.05, 0.1) is 5.52 Å². The molecule has 5 heteroatoms. The molecule has 2 aromatic carbocycles. The average Bonchev–Trinajstić information content (AvgIpc) is 3.52. The summed E-state index contributed by atoms with van der Waals surface area (Å²) < 4.78 is 6.18. The van der Waals surface area contributed by atoms with Crippen molar-refractivity contribution in [1.29, 1.82) is 0 Å². The molecule has 0 saturated carbocycles. The predicted molar refractivity (Wildman–Crippen MR) is 201 cm³/mol. The second-order valence-corrected chi connectivity index (χ2v) is 16.9. The lowest BCUT2D eigenvalue weighted by molar-refractivity contribution is -0.558. The molecule has 0 radical (unpaired) electrons. The first-order valence-corrected chi connectivity index (χ1v) is 17.1. The number of hydrogen-bond donors (Lipinski definition) is 0. The summed E-state index contributed by atoms with van der Waals surface area (Å²) in [5, 5.41) is 12.9. The fraction of sp³-hybridized carbons (Fsp3) is 0.500. The molecule has 0 N–H and O–H groups in total. The van der Waals surface area contributed by atoms with Gasteiger partial charge in [-0.05, 0) is 121 Å². The van der Waals surface area contributed by atoms with Crippen LogP contribution in [0.3, 0.4) is 0 Å². The van der Waals surface area contributed by atoms with E-state index in [4.69, 9.17) is 0 Å². The van der Waals surface area contributed by atoms with Crippen LogP contribution in [0.15, 0.2) is 47.8 Å². The van der Waals surface area contributed by atoms with Crippen LogP contribution in [0.4, 0.5) is 0 Å². The lowest BCUT2D eigenvalue weighted by atomic mass is 9.83. The van der Waals surface area contributed by atoms with E-state index in [1.54, 1.807) is 0 Å². The Morgan fingerprint density at radius 1 is 0.617 bits per heavy atom. The Morgan fingerprint density at radius 2 is 1.13 bits per heavy atom. The molecule has 5 aromatic rings. The van der Waals surface area contributed by atoms with Crippen molar-refractivity contribution in [2.24, 2.45) is 19.2 Å². The summed E-state index contributed by atoms with van der Waals surface area (Å²) in [6.07, 6.45) is 4.35. The maximum Gasteiger partial charge on any atom is 0.238 e. The summed E-state index contributed by atoms with van der Waals surface area (Å²) in [4.78, 5) is 0. The fourth-order valence-corrected chi connectivity index (χ4v) is 6.97. The second-order valence-electron chi connectivity index (χ2n) is 16.9. The van der Waals surface area contributed by atoms with E-state index in [9.17, 15) is 0 Å². The van der Waals surface area contributed by atoms with E-state index in [2.05, 4.69) is 168 Å². The number of rotatable bonds is 0. The molecular weight excluding hydrogens is 574 g/mol. The number of pyridine rings is 1. The topological polar surface area (TPSA) is 41.0 Å². The Morgan fingerprint density at radius 3 is 1.68 bits per heavy atom. The van der Waals surface area contributed by atoms with Crippen molar-refractivity contribution in [1.82, 2.24) is 14.3 Å². The van der Waals surface area contributed by atoms with E-state index in [-0.39, 0.29) is 16.2 Å². The minimum Gasteiger partial charge on any atom is -0.350 e. The van der Waals surface area contributed by atoms with Crippen LogP contribution in [-0.4, -0.2) is 20.9 Å². The van der Waals surface area contributed by atoms with Crippen LogP contribution in [0.2, 0.25) is 0 Å². The van der Waals surface area contributed by atoms with Crippen LogP contribution in [0, 0.1) is 34.6 Å². The van der Waals surface area contributed by atoms with Crippen LogP contribution in [0.1, 0.15) is 114 Å². The van der Waals surface area contributed by atoms with Gasteiger partial charge < -0.3 is 4.57 Å². The molecule has 252 valence electrons. The molecular formula is C42H60N5+. The van der Waals surface area contributed by atoms with Gasteiger partial charge in [-0.1, -0.05) is 66.7 Å². The van der Waals surface area contributed by atoms with E-state index < -0.39 is 0 Å². The number of aromatic nitrogens is 4.